The van der Waals surface area contributed by atoms with Crippen LogP contribution in [0, 0.1) is 0 Å². The molecule has 2 aromatic carbocycles. The normalized spacial score (nSPS) is 12.8. The van der Waals surface area contributed by atoms with Crippen molar-refractivity contribution >= 4 is 16.5 Å². The Balaban J connectivity index is 1.58. The minimum atomic E-state index is 0.0143. The van der Waals surface area contributed by atoms with Gasteiger partial charge >= 0.3 is 0 Å². The number of hydrogen-bond acceptors (Lipinski definition) is 3. The van der Waals surface area contributed by atoms with Crippen molar-refractivity contribution in [3.05, 3.63) is 105 Å². The predicted molar refractivity (Wildman–Crippen MR) is 129 cm³/mol. The summed E-state index contributed by atoms with van der Waals surface area (Å²) >= 11 is 0. The lowest BCUT2D eigenvalue weighted by atomic mass is 9.97. The molecule has 0 bridgehead atoms. The third-order valence-electron chi connectivity index (χ3n) is 6.21. The van der Waals surface area contributed by atoms with E-state index in [1.54, 1.807) is 0 Å². The largest absolute Gasteiger partial charge is 0.372 e. The van der Waals surface area contributed by atoms with Crippen LogP contribution in [-0.2, 0) is 24.5 Å². The highest BCUT2D eigenvalue weighted by Gasteiger charge is 2.25. The smallest absolute Gasteiger partial charge is 0.257 e. The van der Waals surface area contributed by atoms with Crippen LogP contribution in [0.25, 0.3) is 27.9 Å². The quantitative estimate of drug-likeness (QED) is 0.339. The summed E-state index contributed by atoms with van der Waals surface area (Å²) in [5, 5.41) is 1.10. The van der Waals surface area contributed by atoms with Crippen LogP contribution in [0.4, 0.5) is 0 Å². The van der Waals surface area contributed by atoms with E-state index in [0.29, 0.717) is 13.2 Å². The minimum Gasteiger partial charge on any atom is -0.372 e. The maximum Gasteiger partial charge on any atom is 0.257 e. The van der Waals surface area contributed by atoms with Gasteiger partial charge in [0.15, 0.2) is 0 Å². The van der Waals surface area contributed by atoms with Crippen molar-refractivity contribution in [2.45, 2.75) is 40.0 Å². The van der Waals surface area contributed by atoms with Gasteiger partial charge in [0.1, 0.15) is 0 Å². The van der Waals surface area contributed by atoms with Crippen LogP contribution < -0.4 is 5.56 Å². The molecule has 0 radical (unpaired) electrons. The van der Waals surface area contributed by atoms with Crippen molar-refractivity contribution in [1.82, 2.24) is 9.55 Å². The van der Waals surface area contributed by atoms with E-state index in [-0.39, 0.29) is 12.2 Å². The van der Waals surface area contributed by atoms with E-state index in [0.717, 1.165) is 56.5 Å². The zero-order valence-corrected chi connectivity index (χ0v) is 18.5. The molecule has 0 saturated heterocycles. The van der Waals surface area contributed by atoms with Gasteiger partial charge in [-0.05, 0) is 48.2 Å². The fourth-order valence-corrected chi connectivity index (χ4v) is 4.54. The molecule has 0 unspecified atom stereocenters. The molecule has 3 heterocycles. The maximum atomic E-state index is 13.7. The molecule has 0 aliphatic carbocycles. The number of allylic oxidation sites excluding steroid dienone is 2. The standard InChI is InChI=1S/C28H26N2O2/c1-3-20(4-2)23-15-26-27-22(14-21-12-8-9-13-25(21)29-27)16-30(26)28(31)24(23)18-32-17-19-10-6-5-7-11-19/h3,5-15H,4,16-18H2,1-2H3/b20-3-. The van der Waals surface area contributed by atoms with Crippen molar-refractivity contribution in [3.8, 4) is 11.4 Å². The fraction of sp³-hybridized carbons (Fsp3) is 0.214. The van der Waals surface area contributed by atoms with Gasteiger partial charge in [-0.25, -0.2) is 4.98 Å². The molecular formula is C28H26N2O2. The summed E-state index contributed by atoms with van der Waals surface area (Å²) in [5.74, 6) is 0. The van der Waals surface area contributed by atoms with Gasteiger partial charge in [0, 0.05) is 10.9 Å². The summed E-state index contributed by atoms with van der Waals surface area (Å²) in [7, 11) is 0. The Morgan fingerprint density at radius 1 is 1.06 bits per heavy atom. The number of pyridine rings is 2. The SMILES string of the molecule is C/C=C(/CC)c1cc2n(c(=O)c1COCc1ccccc1)Cc1cc3ccccc3nc1-2. The number of benzene rings is 2. The molecule has 0 amide bonds. The van der Waals surface area contributed by atoms with Crippen molar-refractivity contribution in [1.29, 1.82) is 0 Å². The molecule has 2 aromatic heterocycles. The van der Waals surface area contributed by atoms with Crippen LogP contribution in [0.2, 0.25) is 0 Å². The second kappa shape index (κ2) is 8.56. The zero-order valence-electron chi connectivity index (χ0n) is 18.5. The highest BCUT2D eigenvalue weighted by atomic mass is 16.5. The number of aromatic nitrogens is 2. The van der Waals surface area contributed by atoms with Crippen LogP contribution in [0.3, 0.4) is 0 Å². The molecular weight excluding hydrogens is 396 g/mol. The second-order valence-corrected chi connectivity index (χ2v) is 8.15. The average Bonchev–Trinajstić information content (AvgIpc) is 3.18. The first-order valence-electron chi connectivity index (χ1n) is 11.1. The molecule has 0 fully saturated rings. The van der Waals surface area contributed by atoms with Gasteiger partial charge in [0.25, 0.3) is 5.56 Å². The van der Waals surface area contributed by atoms with Crippen LogP contribution in [0.1, 0.15) is 42.5 Å². The third kappa shape index (κ3) is 3.57. The average molecular weight is 423 g/mol. The molecule has 4 aromatic rings. The predicted octanol–water partition coefficient (Wildman–Crippen LogP) is 5.96. The van der Waals surface area contributed by atoms with E-state index >= 15 is 0 Å². The summed E-state index contributed by atoms with van der Waals surface area (Å²) in [6.45, 7) is 5.45. The van der Waals surface area contributed by atoms with E-state index < -0.39 is 0 Å². The number of ether oxygens (including phenoxy) is 1. The Kier molecular flexibility index (Phi) is 5.46. The van der Waals surface area contributed by atoms with Gasteiger partial charge in [-0.2, -0.15) is 0 Å². The Morgan fingerprint density at radius 3 is 2.62 bits per heavy atom. The van der Waals surface area contributed by atoms with Crippen molar-refractivity contribution in [2.24, 2.45) is 0 Å². The maximum absolute atomic E-state index is 13.7. The summed E-state index contributed by atoms with van der Waals surface area (Å²) in [4.78, 5) is 18.6. The molecule has 0 spiro atoms. The summed E-state index contributed by atoms with van der Waals surface area (Å²) in [5.41, 5.74) is 7.80. The molecule has 0 atom stereocenters. The van der Waals surface area contributed by atoms with Crippen molar-refractivity contribution in [2.75, 3.05) is 0 Å². The van der Waals surface area contributed by atoms with Crippen molar-refractivity contribution in [3.63, 3.8) is 0 Å². The van der Waals surface area contributed by atoms with E-state index in [4.69, 9.17) is 9.72 Å². The van der Waals surface area contributed by atoms with E-state index in [2.05, 4.69) is 31.2 Å². The fourth-order valence-electron chi connectivity index (χ4n) is 4.54. The highest BCUT2D eigenvalue weighted by molar-refractivity contribution is 5.84. The lowest BCUT2D eigenvalue weighted by molar-refractivity contribution is 0.106. The first-order valence-corrected chi connectivity index (χ1v) is 11.1. The lowest BCUT2D eigenvalue weighted by Gasteiger charge is -2.15. The van der Waals surface area contributed by atoms with Crippen LogP contribution in [-0.4, -0.2) is 9.55 Å². The van der Waals surface area contributed by atoms with E-state index in [9.17, 15) is 4.79 Å². The summed E-state index contributed by atoms with van der Waals surface area (Å²) in [6.07, 6.45) is 2.94. The molecule has 0 N–H and O–H groups in total. The topological polar surface area (TPSA) is 44.1 Å². The molecule has 0 saturated carbocycles. The highest BCUT2D eigenvalue weighted by Crippen LogP contribution is 2.34. The number of para-hydroxylation sites is 1. The van der Waals surface area contributed by atoms with E-state index in [1.165, 1.54) is 0 Å². The minimum absolute atomic E-state index is 0.0143. The number of hydrogen-bond donors (Lipinski definition) is 0. The molecule has 4 nitrogen and oxygen atoms in total. The summed E-state index contributed by atoms with van der Waals surface area (Å²) in [6, 6.07) is 22.4. The Labute approximate surface area is 187 Å². The van der Waals surface area contributed by atoms with Crippen LogP contribution in [0.15, 0.2) is 77.6 Å². The Morgan fingerprint density at radius 2 is 1.84 bits per heavy atom. The second-order valence-electron chi connectivity index (χ2n) is 8.15. The van der Waals surface area contributed by atoms with Gasteiger partial charge in [0.05, 0.1) is 42.2 Å². The van der Waals surface area contributed by atoms with Gasteiger partial charge in [-0.3, -0.25) is 4.79 Å². The number of nitrogens with zero attached hydrogens (tertiary/aromatic N) is 2. The third-order valence-corrected chi connectivity index (χ3v) is 6.21. The Bertz CT molecular complexity index is 1380. The first-order chi connectivity index (χ1) is 15.7. The van der Waals surface area contributed by atoms with Crippen molar-refractivity contribution < 1.29 is 4.74 Å². The molecule has 5 rings (SSSR count). The summed E-state index contributed by atoms with van der Waals surface area (Å²) < 4.78 is 7.86. The van der Waals surface area contributed by atoms with Gasteiger partial charge in [-0.1, -0.05) is 61.5 Å². The molecule has 1 aliphatic rings. The number of fused-ring (bicyclic) bond motifs is 4. The van der Waals surface area contributed by atoms with Crippen LogP contribution in [0.5, 0.6) is 0 Å². The first kappa shape index (κ1) is 20.4. The van der Waals surface area contributed by atoms with Gasteiger partial charge in [0.2, 0.25) is 0 Å². The van der Waals surface area contributed by atoms with Crippen LogP contribution >= 0.6 is 0 Å². The van der Waals surface area contributed by atoms with E-state index in [1.807, 2.05) is 60.0 Å². The van der Waals surface area contributed by atoms with Gasteiger partial charge < -0.3 is 9.30 Å². The Hall–Kier alpha value is -3.50. The zero-order chi connectivity index (χ0) is 22.1. The number of rotatable bonds is 6. The monoisotopic (exact) mass is 422 g/mol. The molecule has 4 heteroatoms. The molecule has 32 heavy (non-hydrogen) atoms. The van der Waals surface area contributed by atoms with Gasteiger partial charge in [-0.15, -0.1) is 0 Å². The molecule has 1 aliphatic heterocycles. The molecule has 160 valence electrons. The lowest BCUT2D eigenvalue weighted by Crippen LogP contribution is -2.25.